The van der Waals surface area contributed by atoms with E-state index >= 15 is 0 Å². The Labute approximate surface area is 160 Å². The van der Waals surface area contributed by atoms with Crippen LogP contribution < -0.4 is 0 Å². The number of benzene rings is 1. The molecule has 144 valence electrons. The van der Waals surface area contributed by atoms with Gasteiger partial charge >= 0.3 is 6.09 Å². The molecule has 1 aliphatic rings. The Hall–Kier alpha value is -1.70. The van der Waals surface area contributed by atoms with Crippen LogP contribution in [0, 0.1) is 11.6 Å². The molecule has 0 unspecified atom stereocenters. The van der Waals surface area contributed by atoms with Gasteiger partial charge in [0.1, 0.15) is 17.2 Å². The van der Waals surface area contributed by atoms with Crippen molar-refractivity contribution < 1.29 is 23.1 Å². The zero-order valence-corrected chi connectivity index (χ0v) is 16.9. The van der Waals surface area contributed by atoms with Crippen LogP contribution in [0.3, 0.4) is 0 Å². The van der Waals surface area contributed by atoms with Crippen LogP contribution in [-0.4, -0.2) is 53.6 Å². The lowest BCUT2D eigenvalue weighted by Gasteiger charge is -2.37. The van der Waals surface area contributed by atoms with Gasteiger partial charge in [-0.15, -0.1) is 0 Å². The van der Waals surface area contributed by atoms with Crippen LogP contribution in [-0.2, 0) is 4.74 Å². The monoisotopic (exact) mass is 432 g/mol. The van der Waals surface area contributed by atoms with Crippen molar-refractivity contribution in [2.24, 2.45) is 0 Å². The first-order valence-corrected chi connectivity index (χ1v) is 9.19. The SMILES string of the molecule is CN(C(=O)OC(C)(C)C)C1CCN(C(=O)c2c(F)ccc(F)c2Br)CC1. The minimum atomic E-state index is -0.767. The largest absolute Gasteiger partial charge is 0.444 e. The number of carbonyl (C=O) groups is 2. The van der Waals surface area contributed by atoms with E-state index in [2.05, 4.69) is 15.9 Å². The molecule has 2 rings (SSSR count). The summed E-state index contributed by atoms with van der Waals surface area (Å²) in [6.07, 6.45) is 0.660. The van der Waals surface area contributed by atoms with Crippen molar-refractivity contribution in [3.05, 3.63) is 33.8 Å². The van der Waals surface area contributed by atoms with Gasteiger partial charge in [-0.1, -0.05) is 0 Å². The Morgan fingerprint density at radius 3 is 2.27 bits per heavy atom. The minimum Gasteiger partial charge on any atom is -0.444 e. The molecule has 0 aromatic heterocycles. The van der Waals surface area contributed by atoms with Crippen molar-refractivity contribution in [2.45, 2.75) is 45.3 Å². The van der Waals surface area contributed by atoms with Crippen molar-refractivity contribution >= 4 is 27.9 Å². The Kier molecular flexibility index (Phi) is 6.26. The lowest BCUT2D eigenvalue weighted by molar-refractivity contribution is 0.0155. The first-order valence-electron chi connectivity index (χ1n) is 8.40. The Morgan fingerprint density at radius 2 is 1.73 bits per heavy atom. The summed E-state index contributed by atoms with van der Waals surface area (Å²) in [5, 5.41) is 0. The number of nitrogens with zero attached hydrogens (tertiary/aromatic N) is 2. The summed E-state index contributed by atoms with van der Waals surface area (Å²) in [4.78, 5) is 27.7. The van der Waals surface area contributed by atoms with Gasteiger partial charge in [0.2, 0.25) is 0 Å². The third-order valence-electron chi connectivity index (χ3n) is 4.24. The summed E-state index contributed by atoms with van der Waals surface area (Å²) in [6.45, 7) is 6.08. The van der Waals surface area contributed by atoms with Crippen LogP contribution in [0.5, 0.6) is 0 Å². The number of carbonyl (C=O) groups excluding carboxylic acids is 2. The van der Waals surface area contributed by atoms with Gasteiger partial charge in [0.15, 0.2) is 0 Å². The van der Waals surface area contributed by atoms with Gasteiger partial charge < -0.3 is 14.5 Å². The second-order valence-electron chi connectivity index (χ2n) is 7.33. The average molecular weight is 433 g/mol. The average Bonchev–Trinajstić information content (AvgIpc) is 2.56. The van der Waals surface area contributed by atoms with Gasteiger partial charge in [-0.2, -0.15) is 0 Å². The van der Waals surface area contributed by atoms with Crippen LogP contribution in [0.1, 0.15) is 44.0 Å². The molecule has 1 aromatic carbocycles. The van der Waals surface area contributed by atoms with E-state index in [1.165, 1.54) is 9.80 Å². The lowest BCUT2D eigenvalue weighted by atomic mass is 10.0. The molecule has 5 nitrogen and oxygen atoms in total. The number of hydrogen-bond donors (Lipinski definition) is 0. The minimum absolute atomic E-state index is 0.0744. The topological polar surface area (TPSA) is 49.9 Å². The number of hydrogen-bond acceptors (Lipinski definition) is 3. The van der Waals surface area contributed by atoms with E-state index in [1.54, 1.807) is 27.8 Å². The van der Waals surface area contributed by atoms with Crippen LogP contribution in [0.25, 0.3) is 0 Å². The highest BCUT2D eigenvalue weighted by atomic mass is 79.9. The van der Waals surface area contributed by atoms with Gasteiger partial charge in [0.25, 0.3) is 5.91 Å². The molecule has 8 heteroatoms. The second-order valence-corrected chi connectivity index (χ2v) is 8.13. The summed E-state index contributed by atoms with van der Waals surface area (Å²) in [5.74, 6) is -2.02. The molecule has 0 aliphatic carbocycles. The number of likely N-dealkylation sites (tertiary alicyclic amines) is 1. The molecule has 0 radical (unpaired) electrons. The molecule has 0 N–H and O–H groups in total. The predicted molar refractivity (Wildman–Crippen MR) is 97.0 cm³/mol. The van der Waals surface area contributed by atoms with E-state index in [-0.39, 0.29) is 16.1 Å². The lowest BCUT2D eigenvalue weighted by Crippen LogP contribution is -2.48. The van der Waals surface area contributed by atoms with Gasteiger partial charge in [0, 0.05) is 26.2 Å². The standard InChI is InChI=1S/C18H23BrF2N2O3/c1-18(2,3)26-17(25)22(4)11-7-9-23(10-8-11)16(24)14-12(20)5-6-13(21)15(14)19/h5-6,11H,7-10H2,1-4H3. The molecular weight excluding hydrogens is 410 g/mol. The van der Waals surface area contributed by atoms with Crippen LogP contribution in [0.15, 0.2) is 16.6 Å². The van der Waals surface area contributed by atoms with Crippen molar-refractivity contribution in [1.82, 2.24) is 9.80 Å². The van der Waals surface area contributed by atoms with E-state index in [9.17, 15) is 18.4 Å². The van der Waals surface area contributed by atoms with Crippen molar-refractivity contribution in [2.75, 3.05) is 20.1 Å². The van der Waals surface area contributed by atoms with Crippen LogP contribution >= 0.6 is 15.9 Å². The summed E-state index contributed by atoms with van der Waals surface area (Å²) in [6, 6.07) is 1.84. The van der Waals surface area contributed by atoms with E-state index in [0.717, 1.165) is 12.1 Å². The van der Waals surface area contributed by atoms with Crippen LogP contribution in [0.2, 0.25) is 0 Å². The molecule has 26 heavy (non-hydrogen) atoms. The second kappa shape index (κ2) is 7.90. The van der Waals surface area contributed by atoms with E-state index in [1.807, 2.05) is 0 Å². The summed E-state index contributed by atoms with van der Waals surface area (Å²) < 4.78 is 32.8. The fraction of sp³-hybridized carbons (Fsp3) is 0.556. The summed E-state index contributed by atoms with van der Waals surface area (Å²) in [5.41, 5.74) is -0.882. The number of halogens is 3. The maximum atomic E-state index is 14.0. The van der Waals surface area contributed by atoms with E-state index in [0.29, 0.717) is 25.9 Å². The third kappa shape index (κ3) is 4.72. The smallest absolute Gasteiger partial charge is 0.410 e. The highest BCUT2D eigenvalue weighted by molar-refractivity contribution is 9.10. The predicted octanol–water partition coefficient (Wildman–Crippen LogP) is 4.20. The van der Waals surface area contributed by atoms with Crippen LogP contribution in [0.4, 0.5) is 13.6 Å². The fourth-order valence-corrected chi connectivity index (χ4v) is 3.31. The van der Waals surface area contributed by atoms with Gasteiger partial charge in [-0.3, -0.25) is 4.79 Å². The molecular formula is C18H23BrF2N2O3. The zero-order valence-electron chi connectivity index (χ0n) is 15.3. The van der Waals surface area contributed by atoms with Gasteiger partial charge in [0.05, 0.1) is 10.0 Å². The fourth-order valence-electron chi connectivity index (χ4n) is 2.82. The number of piperidine rings is 1. The van der Waals surface area contributed by atoms with Crippen molar-refractivity contribution in [1.29, 1.82) is 0 Å². The third-order valence-corrected chi connectivity index (χ3v) is 5.01. The Bertz CT molecular complexity index is 698. The van der Waals surface area contributed by atoms with Gasteiger partial charge in [-0.25, -0.2) is 13.6 Å². The number of ether oxygens (including phenoxy) is 1. The number of rotatable bonds is 2. The molecule has 1 aliphatic heterocycles. The summed E-state index contributed by atoms with van der Waals surface area (Å²) >= 11 is 2.95. The Morgan fingerprint density at radius 1 is 1.19 bits per heavy atom. The Balaban J connectivity index is 2.01. The molecule has 1 fully saturated rings. The first-order chi connectivity index (χ1) is 12.0. The van der Waals surface area contributed by atoms with E-state index < -0.39 is 29.2 Å². The molecule has 0 spiro atoms. The highest BCUT2D eigenvalue weighted by Crippen LogP contribution is 2.27. The first kappa shape index (κ1) is 20.6. The molecule has 1 saturated heterocycles. The van der Waals surface area contributed by atoms with Crippen molar-refractivity contribution in [3.8, 4) is 0 Å². The van der Waals surface area contributed by atoms with Gasteiger partial charge in [-0.05, 0) is 61.7 Å². The molecule has 0 saturated carbocycles. The molecule has 1 aromatic rings. The maximum Gasteiger partial charge on any atom is 0.410 e. The molecule has 2 amide bonds. The molecule has 0 atom stereocenters. The van der Waals surface area contributed by atoms with E-state index in [4.69, 9.17) is 4.74 Å². The quantitative estimate of drug-likeness (QED) is 0.657. The van der Waals surface area contributed by atoms with Crippen molar-refractivity contribution in [3.63, 3.8) is 0 Å². The highest BCUT2D eigenvalue weighted by Gasteiger charge is 2.32. The molecule has 0 bridgehead atoms. The zero-order chi connectivity index (χ0) is 19.6. The normalized spacial score (nSPS) is 15.7. The maximum absolute atomic E-state index is 14.0. The number of amides is 2. The summed E-state index contributed by atoms with van der Waals surface area (Å²) in [7, 11) is 1.67. The molecule has 1 heterocycles.